The van der Waals surface area contributed by atoms with Gasteiger partial charge >= 0.3 is 0 Å². The number of nitriles is 1. The number of benzene rings is 2. The Morgan fingerprint density at radius 1 is 1.19 bits per heavy atom. The van der Waals surface area contributed by atoms with E-state index in [0.29, 0.717) is 28.7 Å². The zero-order chi connectivity index (χ0) is 22.7. The van der Waals surface area contributed by atoms with E-state index < -0.39 is 0 Å². The number of hydrogen-bond acceptors (Lipinski definition) is 6. The first-order chi connectivity index (χ1) is 15.5. The van der Waals surface area contributed by atoms with Crippen molar-refractivity contribution in [2.75, 3.05) is 38.7 Å². The maximum atomic E-state index is 13.6. The van der Waals surface area contributed by atoms with Gasteiger partial charge in [0.15, 0.2) is 0 Å². The molecule has 0 spiro atoms. The first-order valence-corrected chi connectivity index (χ1v) is 10.7. The molecule has 0 radical (unpaired) electrons. The van der Waals surface area contributed by atoms with Crippen LogP contribution in [0.15, 0.2) is 53.3 Å². The minimum absolute atomic E-state index is 0.115. The lowest BCUT2D eigenvalue weighted by molar-refractivity contribution is 0.415. The first-order valence-electron chi connectivity index (χ1n) is 10.7. The summed E-state index contributed by atoms with van der Waals surface area (Å²) in [4.78, 5) is 20.6. The van der Waals surface area contributed by atoms with Gasteiger partial charge in [-0.05, 0) is 55.3 Å². The minimum Gasteiger partial charge on any atom is -0.497 e. The topological polar surface area (TPSA) is 83.2 Å². The molecule has 1 saturated heterocycles. The van der Waals surface area contributed by atoms with Crippen molar-refractivity contribution in [2.24, 2.45) is 13.0 Å². The fourth-order valence-electron chi connectivity index (χ4n) is 4.20. The van der Waals surface area contributed by atoms with Crippen LogP contribution in [-0.2, 0) is 7.05 Å². The molecule has 1 atom stereocenters. The third-order valence-electron chi connectivity index (χ3n) is 5.97. The second-order valence-corrected chi connectivity index (χ2v) is 8.16. The van der Waals surface area contributed by atoms with Crippen LogP contribution >= 0.6 is 0 Å². The van der Waals surface area contributed by atoms with Crippen LogP contribution in [0.3, 0.4) is 0 Å². The number of hydrogen-bond donors (Lipinski definition) is 1. The molecule has 1 aromatic heterocycles. The van der Waals surface area contributed by atoms with Crippen LogP contribution < -0.4 is 20.5 Å². The Bertz CT molecular complexity index is 1190. The van der Waals surface area contributed by atoms with E-state index in [1.807, 2.05) is 43.4 Å². The number of ether oxygens (including phenoxy) is 1. The summed E-state index contributed by atoms with van der Waals surface area (Å²) >= 11 is 0. The highest BCUT2D eigenvalue weighted by Gasteiger charge is 2.22. The summed E-state index contributed by atoms with van der Waals surface area (Å²) in [7, 11) is 5.36. The average Bonchev–Trinajstić information content (AvgIpc) is 3.34. The molecule has 1 aliphatic rings. The van der Waals surface area contributed by atoms with Crippen molar-refractivity contribution in [3.05, 3.63) is 64.4 Å². The molecule has 0 aliphatic carbocycles. The zero-order valence-corrected chi connectivity index (χ0v) is 18.6. The van der Waals surface area contributed by atoms with Gasteiger partial charge in [-0.1, -0.05) is 24.3 Å². The highest BCUT2D eigenvalue weighted by atomic mass is 16.5. The van der Waals surface area contributed by atoms with Crippen LogP contribution in [0, 0.1) is 17.2 Å². The predicted octanol–water partition coefficient (Wildman–Crippen LogP) is 3.04. The van der Waals surface area contributed by atoms with Crippen LogP contribution in [0.1, 0.15) is 12.0 Å². The molecule has 1 fully saturated rings. The van der Waals surface area contributed by atoms with E-state index in [1.165, 1.54) is 0 Å². The van der Waals surface area contributed by atoms with E-state index >= 15 is 0 Å². The smallest absolute Gasteiger partial charge is 0.263 e. The Hall–Kier alpha value is -3.63. The molecule has 2 heterocycles. The molecule has 0 saturated carbocycles. The highest BCUT2D eigenvalue weighted by molar-refractivity contribution is 5.81. The normalized spacial score (nSPS) is 15.4. The zero-order valence-electron chi connectivity index (χ0n) is 18.6. The molecular weight excluding hydrogens is 402 g/mol. The maximum Gasteiger partial charge on any atom is 0.263 e. The van der Waals surface area contributed by atoms with Gasteiger partial charge in [0.1, 0.15) is 5.75 Å². The standard InChI is InChI=1S/C25H27N5O2/c1-29(16-18-12-13-27-15-18)25-28-23(20-6-4-17(14-26)5-7-20)22(24(31)30(25)2)19-8-10-21(32-3)11-9-19/h4-11,18,27H,12-13,15-16H2,1-3H3. The molecule has 7 heteroatoms. The van der Waals surface area contributed by atoms with Crippen LogP contribution in [0.5, 0.6) is 5.75 Å². The number of rotatable bonds is 6. The summed E-state index contributed by atoms with van der Waals surface area (Å²) < 4.78 is 6.89. The summed E-state index contributed by atoms with van der Waals surface area (Å²) in [5, 5.41) is 12.6. The van der Waals surface area contributed by atoms with Crippen LogP contribution in [0.2, 0.25) is 0 Å². The lowest BCUT2D eigenvalue weighted by Gasteiger charge is -2.25. The van der Waals surface area contributed by atoms with Crippen molar-refractivity contribution in [2.45, 2.75) is 6.42 Å². The number of anilines is 1. The monoisotopic (exact) mass is 429 g/mol. The molecule has 0 amide bonds. The van der Waals surface area contributed by atoms with Crippen LogP contribution in [-0.4, -0.2) is 43.3 Å². The average molecular weight is 430 g/mol. The Morgan fingerprint density at radius 3 is 2.47 bits per heavy atom. The van der Waals surface area contributed by atoms with Crippen molar-refractivity contribution < 1.29 is 4.74 Å². The van der Waals surface area contributed by atoms with Gasteiger partial charge in [0.05, 0.1) is 30.0 Å². The third-order valence-corrected chi connectivity index (χ3v) is 5.97. The Kier molecular flexibility index (Phi) is 6.24. The van der Waals surface area contributed by atoms with Gasteiger partial charge in [0.25, 0.3) is 5.56 Å². The van der Waals surface area contributed by atoms with Gasteiger partial charge in [-0.2, -0.15) is 5.26 Å². The SMILES string of the molecule is COc1ccc(-c2c(-c3ccc(C#N)cc3)nc(N(C)CC3CCNC3)n(C)c2=O)cc1. The summed E-state index contributed by atoms with van der Waals surface area (Å²) in [6.45, 7) is 2.82. The van der Waals surface area contributed by atoms with Gasteiger partial charge in [-0.15, -0.1) is 0 Å². The van der Waals surface area contributed by atoms with Crippen molar-refractivity contribution in [1.29, 1.82) is 5.26 Å². The predicted molar refractivity (Wildman–Crippen MR) is 126 cm³/mol. The fraction of sp³-hybridized carbons (Fsp3) is 0.320. The second-order valence-electron chi connectivity index (χ2n) is 8.16. The Morgan fingerprint density at radius 2 is 1.88 bits per heavy atom. The Labute approximate surface area is 187 Å². The maximum absolute atomic E-state index is 13.6. The van der Waals surface area contributed by atoms with E-state index in [0.717, 1.165) is 42.9 Å². The molecule has 1 unspecified atom stereocenters. The summed E-state index contributed by atoms with van der Waals surface area (Å²) in [6.07, 6.45) is 1.12. The minimum atomic E-state index is -0.115. The summed E-state index contributed by atoms with van der Waals surface area (Å²) in [5.41, 5.74) is 3.15. The lowest BCUT2D eigenvalue weighted by Crippen LogP contribution is -2.34. The largest absolute Gasteiger partial charge is 0.497 e. The van der Waals surface area contributed by atoms with Crippen molar-refractivity contribution in [3.8, 4) is 34.2 Å². The number of methoxy groups -OCH3 is 1. The van der Waals surface area contributed by atoms with Gasteiger partial charge in [0.2, 0.25) is 5.95 Å². The van der Waals surface area contributed by atoms with E-state index in [1.54, 1.807) is 30.9 Å². The Balaban J connectivity index is 1.86. The second kappa shape index (κ2) is 9.25. The van der Waals surface area contributed by atoms with Crippen molar-refractivity contribution in [1.82, 2.24) is 14.9 Å². The molecule has 0 bridgehead atoms. The molecule has 2 aromatic carbocycles. The third kappa shape index (κ3) is 4.23. The first kappa shape index (κ1) is 21.6. The van der Waals surface area contributed by atoms with E-state index in [9.17, 15) is 10.1 Å². The highest BCUT2D eigenvalue weighted by Crippen LogP contribution is 2.31. The van der Waals surface area contributed by atoms with Crippen LogP contribution in [0.4, 0.5) is 5.95 Å². The molecule has 3 aromatic rings. The number of nitrogens with zero attached hydrogens (tertiary/aromatic N) is 4. The van der Waals surface area contributed by atoms with Crippen molar-refractivity contribution >= 4 is 5.95 Å². The van der Waals surface area contributed by atoms with Crippen LogP contribution in [0.25, 0.3) is 22.4 Å². The van der Waals surface area contributed by atoms with Gasteiger partial charge in [0, 0.05) is 26.2 Å². The molecule has 7 nitrogen and oxygen atoms in total. The van der Waals surface area contributed by atoms with Gasteiger partial charge in [-0.25, -0.2) is 4.98 Å². The van der Waals surface area contributed by atoms with E-state index in [2.05, 4.69) is 16.3 Å². The summed E-state index contributed by atoms with van der Waals surface area (Å²) in [6, 6.07) is 16.8. The van der Waals surface area contributed by atoms with Crippen molar-refractivity contribution in [3.63, 3.8) is 0 Å². The summed E-state index contributed by atoms with van der Waals surface area (Å²) in [5.74, 6) is 1.87. The molecular formula is C25H27N5O2. The van der Waals surface area contributed by atoms with E-state index in [-0.39, 0.29) is 5.56 Å². The molecule has 1 aliphatic heterocycles. The molecule has 4 rings (SSSR count). The lowest BCUT2D eigenvalue weighted by atomic mass is 9.99. The molecule has 32 heavy (non-hydrogen) atoms. The molecule has 164 valence electrons. The number of aromatic nitrogens is 2. The van der Waals surface area contributed by atoms with Gasteiger partial charge < -0.3 is 15.0 Å². The van der Waals surface area contributed by atoms with E-state index in [4.69, 9.17) is 9.72 Å². The number of nitrogens with one attached hydrogen (secondary N) is 1. The molecule has 1 N–H and O–H groups in total. The van der Waals surface area contributed by atoms with Gasteiger partial charge in [-0.3, -0.25) is 9.36 Å². The quantitative estimate of drug-likeness (QED) is 0.649. The fourth-order valence-corrected chi connectivity index (χ4v) is 4.20.